The van der Waals surface area contributed by atoms with Gasteiger partial charge in [0, 0.05) is 0 Å². The Bertz CT molecular complexity index is 429. The number of primary amides is 1. The molecule has 0 aliphatic carbocycles. The van der Waals surface area contributed by atoms with Crippen LogP contribution in [0.2, 0.25) is 0 Å². The lowest BCUT2D eigenvalue weighted by Crippen LogP contribution is -2.56. The number of nitrogens with one attached hydrogen (secondary N) is 2. The highest BCUT2D eigenvalue weighted by Crippen LogP contribution is 2.10. The number of hydrogen-bond donors (Lipinski definition) is 4. The van der Waals surface area contributed by atoms with Crippen LogP contribution in [0, 0.1) is 5.92 Å². The molecule has 0 heterocycles. The van der Waals surface area contributed by atoms with E-state index in [2.05, 4.69) is 10.6 Å². The summed E-state index contributed by atoms with van der Waals surface area (Å²) >= 11 is 0. The van der Waals surface area contributed by atoms with Crippen molar-refractivity contribution in [3.63, 3.8) is 0 Å². The van der Waals surface area contributed by atoms with E-state index in [1.54, 1.807) is 20.8 Å². The Hall–Kier alpha value is -1.83. The maximum absolute atomic E-state index is 12.3. The van der Waals surface area contributed by atoms with Crippen LogP contribution in [0.1, 0.15) is 48.0 Å². The number of alkyl carbamates (subject to hydrolysis) is 1. The lowest BCUT2D eigenvalue weighted by molar-refractivity contribution is -0.131. The molecule has 0 aliphatic heterocycles. The molecule has 3 atom stereocenters. The zero-order valence-corrected chi connectivity index (χ0v) is 14.7. The summed E-state index contributed by atoms with van der Waals surface area (Å²) in [6, 6.07) is -2.12. The van der Waals surface area contributed by atoms with E-state index >= 15 is 0 Å². The molecule has 3 amide bonds. The van der Waals surface area contributed by atoms with Gasteiger partial charge in [-0.1, -0.05) is 13.8 Å². The molecule has 8 heteroatoms. The van der Waals surface area contributed by atoms with Gasteiger partial charge in [-0.15, -0.1) is 0 Å². The lowest BCUT2D eigenvalue weighted by atomic mass is 10.0. The number of aliphatic hydroxyl groups excluding tert-OH is 1. The van der Waals surface area contributed by atoms with Crippen LogP contribution in [0.4, 0.5) is 4.79 Å². The number of nitrogens with two attached hydrogens (primary N) is 1. The SMILES string of the molecule is CC(C)C[C@H](NC(=O)OC(C)(C)C)C(=O)N[C@H](C(N)=O)[C@@H](C)O. The Morgan fingerprint density at radius 2 is 1.65 bits per heavy atom. The second kappa shape index (κ2) is 8.71. The molecular formula is C15H29N3O5. The fraction of sp³-hybridized carbons (Fsp3) is 0.800. The molecule has 0 unspecified atom stereocenters. The lowest BCUT2D eigenvalue weighted by Gasteiger charge is -2.26. The highest BCUT2D eigenvalue weighted by Gasteiger charge is 2.29. The predicted molar refractivity (Wildman–Crippen MR) is 85.4 cm³/mol. The molecule has 0 bridgehead atoms. The number of hydrogen-bond acceptors (Lipinski definition) is 5. The third-order valence-electron chi connectivity index (χ3n) is 2.80. The second-order valence-corrected chi connectivity index (χ2v) is 6.96. The molecule has 0 aromatic carbocycles. The van der Waals surface area contributed by atoms with Crippen LogP contribution >= 0.6 is 0 Å². The van der Waals surface area contributed by atoms with Crippen molar-refractivity contribution in [1.82, 2.24) is 10.6 Å². The number of rotatable bonds is 7. The van der Waals surface area contributed by atoms with Gasteiger partial charge < -0.3 is 26.2 Å². The third kappa shape index (κ3) is 9.02. The van der Waals surface area contributed by atoms with Gasteiger partial charge >= 0.3 is 6.09 Å². The first-order valence-corrected chi connectivity index (χ1v) is 7.60. The molecule has 0 aromatic rings. The van der Waals surface area contributed by atoms with Gasteiger partial charge in [-0.25, -0.2) is 4.79 Å². The smallest absolute Gasteiger partial charge is 0.408 e. The topological polar surface area (TPSA) is 131 Å². The van der Waals surface area contributed by atoms with E-state index in [-0.39, 0.29) is 5.92 Å². The van der Waals surface area contributed by atoms with Gasteiger partial charge in [0.2, 0.25) is 11.8 Å². The first-order valence-electron chi connectivity index (χ1n) is 7.60. The minimum atomic E-state index is -1.22. The summed E-state index contributed by atoms with van der Waals surface area (Å²) in [6.45, 7) is 10.2. The minimum Gasteiger partial charge on any atom is -0.444 e. The summed E-state index contributed by atoms with van der Waals surface area (Å²) in [5, 5.41) is 14.3. The summed E-state index contributed by atoms with van der Waals surface area (Å²) in [5.74, 6) is -1.34. The van der Waals surface area contributed by atoms with Gasteiger partial charge in [0.25, 0.3) is 0 Å². The number of carbonyl (C=O) groups is 3. The first-order chi connectivity index (χ1) is 10.3. The van der Waals surface area contributed by atoms with Crippen molar-refractivity contribution in [3.05, 3.63) is 0 Å². The van der Waals surface area contributed by atoms with Gasteiger partial charge in [-0.05, 0) is 40.0 Å². The normalized spacial score (nSPS) is 15.5. The number of carbonyl (C=O) groups excluding carboxylic acids is 3. The molecule has 5 N–H and O–H groups in total. The number of ether oxygens (including phenoxy) is 1. The molecule has 0 saturated heterocycles. The van der Waals surface area contributed by atoms with Crippen molar-refractivity contribution < 1.29 is 24.2 Å². The Morgan fingerprint density at radius 3 is 2.00 bits per heavy atom. The molecule has 0 aliphatic rings. The molecule has 23 heavy (non-hydrogen) atoms. The average Bonchev–Trinajstić information content (AvgIpc) is 2.30. The van der Waals surface area contributed by atoms with E-state index in [1.807, 2.05) is 13.8 Å². The van der Waals surface area contributed by atoms with Crippen LogP contribution in [-0.4, -0.2) is 46.8 Å². The van der Waals surface area contributed by atoms with Crippen LogP contribution < -0.4 is 16.4 Å². The van der Waals surface area contributed by atoms with Gasteiger partial charge in [0.1, 0.15) is 17.7 Å². The molecule has 0 rings (SSSR count). The molecule has 0 fully saturated rings. The van der Waals surface area contributed by atoms with E-state index in [0.717, 1.165) is 0 Å². The first kappa shape index (κ1) is 21.2. The van der Waals surface area contributed by atoms with Crippen molar-refractivity contribution in [1.29, 1.82) is 0 Å². The second-order valence-electron chi connectivity index (χ2n) is 6.96. The fourth-order valence-electron chi connectivity index (χ4n) is 1.84. The van der Waals surface area contributed by atoms with Crippen molar-refractivity contribution >= 4 is 17.9 Å². The van der Waals surface area contributed by atoms with Crippen molar-refractivity contribution in [2.45, 2.75) is 71.8 Å². The fourth-order valence-corrected chi connectivity index (χ4v) is 1.84. The molecule has 0 radical (unpaired) electrons. The van der Waals surface area contributed by atoms with Crippen LogP contribution in [-0.2, 0) is 14.3 Å². The van der Waals surface area contributed by atoms with E-state index in [4.69, 9.17) is 10.5 Å². The summed E-state index contributed by atoms with van der Waals surface area (Å²) in [7, 11) is 0. The molecule has 0 saturated carbocycles. The molecule has 8 nitrogen and oxygen atoms in total. The molecule has 134 valence electrons. The Balaban J connectivity index is 4.98. The van der Waals surface area contributed by atoms with E-state index < -0.39 is 41.7 Å². The minimum absolute atomic E-state index is 0.110. The van der Waals surface area contributed by atoms with Crippen molar-refractivity contribution in [2.75, 3.05) is 0 Å². The van der Waals surface area contributed by atoms with Crippen molar-refractivity contribution in [2.24, 2.45) is 11.7 Å². The Labute approximate surface area is 137 Å². The predicted octanol–water partition coefficient (Wildman–Crippen LogP) is 0.277. The van der Waals surface area contributed by atoms with Gasteiger partial charge in [0.05, 0.1) is 6.10 Å². The van der Waals surface area contributed by atoms with Gasteiger partial charge in [-0.2, -0.15) is 0 Å². The zero-order chi connectivity index (χ0) is 18.4. The van der Waals surface area contributed by atoms with Crippen LogP contribution in [0.25, 0.3) is 0 Å². The summed E-state index contributed by atoms with van der Waals surface area (Å²) in [4.78, 5) is 35.4. The average molecular weight is 331 g/mol. The zero-order valence-electron chi connectivity index (χ0n) is 14.7. The molecule has 0 aromatic heterocycles. The quantitative estimate of drug-likeness (QED) is 0.532. The molecule has 0 spiro atoms. The molecular weight excluding hydrogens is 302 g/mol. The third-order valence-corrected chi connectivity index (χ3v) is 2.80. The highest BCUT2D eigenvalue weighted by molar-refractivity contribution is 5.91. The van der Waals surface area contributed by atoms with Gasteiger partial charge in [0.15, 0.2) is 0 Å². The van der Waals surface area contributed by atoms with Gasteiger partial charge in [-0.3, -0.25) is 9.59 Å². The summed E-state index contributed by atoms with van der Waals surface area (Å²) < 4.78 is 5.13. The summed E-state index contributed by atoms with van der Waals surface area (Å²) in [5.41, 5.74) is 4.45. The van der Waals surface area contributed by atoms with E-state index in [0.29, 0.717) is 6.42 Å². The number of aliphatic hydroxyl groups is 1. The number of amides is 3. The monoisotopic (exact) mass is 331 g/mol. The Morgan fingerprint density at radius 1 is 1.13 bits per heavy atom. The Kier molecular flexibility index (Phi) is 8.02. The van der Waals surface area contributed by atoms with Crippen molar-refractivity contribution in [3.8, 4) is 0 Å². The summed E-state index contributed by atoms with van der Waals surface area (Å²) in [6.07, 6.45) is -1.53. The van der Waals surface area contributed by atoms with E-state index in [1.165, 1.54) is 6.92 Å². The van der Waals surface area contributed by atoms with Crippen LogP contribution in [0.3, 0.4) is 0 Å². The maximum Gasteiger partial charge on any atom is 0.408 e. The van der Waals surface area contributed by atoms with Crippen LogP contribution in [0.5, 0.6) is 0 Å². The largest absolute Gasteiger partial charge is 0.444 e. The van der Waals surface area contributed by atoms with Crippen LogP contribution in [0.15, 0.2) is 0 Å². The van der Waals surface area contributed by atoms with E-state index in [9.17, 15) is 19.5 Å². The standard InChI is InChI=1S/C15H29N3O5/c1-8(2)7-10(17-14(22)23-15(4,5)6)13(21)18-11(9(3)19)12(16)20/h8-11,19H,7H2,1-6H3,(H2,16,20)(H,17,22)(H,18,21)/t9-,10+,11+/m1/s1. The maximum atomic E-state index is 12.3. The highest BCUT2D eigenvalue weighted by atomic mass is 16.6.